The van der Waals surface area contributed by atoms with Crippen molar-refractivity contribution in [2.45, 2.75) is 19.9 Å². The molecule has 7 nitrogen and oxygen atoms in total. The van der Waals surface area contributed by atoms with Crippen molar-refractivity contribution in [2.75, 3.05) is 44.7 Å². The minimum Gasteiger partial charge on any atom is -0.484 e. The zero-order valence-corrected chi connectivity index (χ0v) is 16.2. The molecule has 0 saturated carbocycles. The smallest absolute Gasteiger partial charge is 0.258 e. The quantitative estimate of drug-likeness (QED) is 0.837. The van der Waals surface area contributed by atoms with Gasteiger partial charge in [-0.15, -0.1) is 0 Å². The van der Waals surface area contributed by atoms with Crippen LogP contribution in [0.5, 0.6) is 5.75 Å². The Morgan fingerprint density at radius 1 is 1.22 bits per heavy atom. The van der Waals surface area contributed by atoms with Gasteiger partial charge >= 0.3 is 0 Å². The van der Waals surface area contributed by atoms with Crippen molar-refractivity contribution in [2.24, 2.45) is 0 Å². The fourth-order valence-electron chi connectivity index (χ4n) is 2.94. The van der Waals surface area contributed by atoms with Crippen molar-refractivity contribution in [3.05, 3.63) is 36.5 Å². The summed E-state index contributed by atoms with van der Waals surface area (Å²) in [6, 6.07) is 9.58. The van der Waals surface area contributed by atoms with E-state index in [0.29, 0.717) is 11.6 Å². The summed E-state index contributed by atoms with van der Waals surface area (Å²) in [6.07, 6.45) is 1.79. The number of carbonyl (C=O) groups is 1. The van der Waals surface area contributed by atoms with Crippen LogP contribution in [0.4, 0.5) is 5.82 Å². The maximum absolute atomic E-state index is 11.8. The van der Waals surface area contributed by atoms with Crippen LogP contribution in [-0.2, 0) is 4.79 Å². The highest BCUT2D eigenvalue weighted by Gasteiger charge is 2.16. The number of aromatic nitrogens is 2. The van der Waals surface area contributed by atoms with Gasteiger partial charge in [0.05, 0.1) is 0 Å². The summed E-state index contributed by atoms with van der Waals surface area (Å²) in [5.41, 5.74) is 0.868. The molecule has 1 aromatic heterocycles. The molecule has 0 atom stereocenters. The Morgan fingerprint density at radius 2 is 2.00 bits per heavy atom. The molecule has 1 fully saturated rings. The zero-order valence-electron chi connectivity index (χ0n) is 16.2. The molecule has 0 spiro atoms. The molecule has 2 heterocycles. The first-order valence-corrected chi connectivity index (χ1v) is 9.30. The lowest BCUT2D eigenvalue weighted by Crippen LogP contribution is -2.44. The molecule has 0 bridgehead atoms. The first-order valence-electron chi connectivity index (χ1n) is 9.30. The third-order valence-electron chi connectivity index (χ3n) is 4.38. The lowest BCUT2D eigenvalue weighted by atomic mass is 10.2. The molecular weight excluding hydrogens is 342 g/mol. The van der Waals surface area contributed by atoms with Gasteiger partial charge in [0.15, 0.2) is 12.4 Å². The number of ether oxygens (including phenoxy) is 1. The fourth-order valence-corrected chi connectivity index (χ4v) is 2.94. The summed E-state index contributed by atoms with van der Waals surface area (Å²) < 4.78 is 5.61. The van der Waals surface area contributed by atoms with Gasteiger partial charge in [-0.3, -0.25) is 4.79 Å². The molecule has 1 N–H and O–H groups in total. The van der Waals surface area contributed by atoms with Crippen molar-refractivity contribution in [1.82, 2.24) is 20.2 Å². The molecule has 0 unspecified atom stereocenters. The molecule has 1 aromatic carbocycles. The number of piperazine rings is 1. The lowest BCUT2D eigenvalue weighted by molar-refractivity contribution is -0.123. The number of hydrogen-bond donors (Lipinski definition) is 1. The fraction of sp³-hybridized carbons (Fsp3) is 0.450. The minimum absolute atomic E-state index is 0.0101. The van der Waals surface area contributed by atoms with E-state index in [9.17, 15) is 4.79 Å². The third kappa shape index (κ3) is 5.40. The van der Waals surface area contributed by atoms with Gasteiger partial charge in [0, 0.05) is 44.0 Å². The maximum atomic E-state index is 11.8. The van der Waals surface area contributed by atoms with E-state index in [4.69, 9.17) is 9.72 Å². The average Bonchev–Trinajstić information content (AvgIpc) is 2.67. The number of nitrogens with zero attached hydrogens (tertiary/aromatic N) is 4. The standard InChI is InChI=1S/C20H27N5O2/c1-15(2)22-19(26)14-27-17-6-4-5-16(13-17)20-21-8-7-18(23-20)25-11-9-24(3)10-12-25/h4-8,13,15H,9-12,14H2,1-3H3,(H,22,26). The number of nitrogens with one attached hydrogen (secondary N) is 1. The number of carbonyl (C=O) groups excluding carboxylic acids is 1. The highest BCUT2D eigenvalue weighted by molar-refractivity contribution is 5.77. The Balaban J connectivity index is 1.69. The summed E-state index contributed by atoms with van der Waals surface area (Å²) in [7, 11) is 2.13. The van der Waals surface area contributed by atoms with E-state index in [1.807, 2.05) is 44.2 Å². The van der Waals surface area contributed by atoms with Gasteiger partial charge in [-0.25, -0.2) is 9.97 Å². The number of amides is 1. The summed E-state index contributed by atoms with van der Waals surface area (Å²) in [4.78, 5) is 25.5. The molecule has 1 amide bonds. The van der Waals surface area contributed by atoms with E-state index in [1.165, 1.54) is 0 Å². The molecule has 2 aromatic rings. The van der Waals surface area contributed by atoms with E-state index in [2.05, 4.69) is 27.1 Å². The highest BCUT2D eigenvalue weighted by atomic mass is 16.5. The van der Waals surface area contributed by atoms with Crippen molar-refractivity contribution < 1.29 is 9.53 Å². The summed E-state index contributed by atoms with van der Waals surface area (Å²) >= 11 is 0. The van der Waals surface area contributed by atoms with Crippen LogP contribution in [0.2, 0.25) is 0 Å². The van der Waals surface area contributed by atoms with Crippen molar-refractivity contribution >= 4 is 11.7 Å². The lowest BCUT2D eigenvalue weighted by Gasteiger charge is -2.33. The molecule has 3 rings (SSSR count). The van der Waals surface area contributed by atoms with Crippen LogP contribution in [0.3, 0.4) is 0 Å². The molecule has 27 heavy (non-hydrogen) atoms. The molecule has 7 heteroatoms. The number of rotatable bonds is 6. The Hall–Kier alpha value is -2.67. The van der Waals surface area contributed by atoms with Gasteiger partial charge < -0.3 is 19.9 Å². The van der Waals surface area contributed by atoms with Crippen LogP contribution in [0.15, 0.2) is 36.5 Å². The molecule has 144 valence electrons. The van der Waals surface area contributed by atoms with Gasteiger partial charge in [-0.2, -0.15) is 0 Å². The average molecular weight is 369 g/mol. The van der Waals surface area contributed by atoms with Gasteiger partial charge in [0.2, 0.25) is 0 Å². The second kappa shape index (κ2) is 8.81. The van der Waals surface area contributed by atoms with Crippen LogP contribution in [0.25, 0.3) is 11.4 Å². The zero-order chi connectivity index (χ0) is 19.2. The first kappa shape index (κ1) is 19.1. The number of benzene rings is 1. The topological polar surface area (TPSA) is 70.6 Å². The highest BCUT2D eigenvalue weighted by Crippen LogP contribution is 2.23. The monoisotopic (exact) mass is 369 g/mol. The Bertz CT molecular complexity index is 772. The number of hydrogen-bond acceptors (Lipinski definition) is 6. The van der Waals surface area contributed by atoms with E-state index in [0.717, 1.165) is 37.6 Å². The first-order chi connectivity index (χ1) is 13.0. The maximum Gasteiger partial charge on any atom is 0.258 e. The molecule has 1 aliphatic rings. The largest absolute Gasteiger partial charge is 0.484 e. The second-order valence-corrected chi connectivity index (χ2v) is 7.07. The minimum atomic E-state index is -0.135. The molecule has 1 aliphatic heterocycles. The number of likely N-dealkylation sites (N-methyl/N-ethyl adjacent to an activating group) is 1. The predicted molar refractivity (Wildman–Crippen MR) is 106 cm³/mol. The van der Waals surface area contributed by atoms with Crippen molar-refractivity contribution in [1.29, 1.82) is 0 Å². The Morgan fingerprint density at radius 3 is 2.74 bits per heavy atom. The van der Waals surface area contributed by atoms with Gasteiger partial charge in [0.1, 0.15) is 11.6 Å². The van der Waals surface area contributed by atoms with Gasteiger partial charge in [0.25, 0.3) is 5.91 Å². The van der Waals surface area contributed by atoms with E-state index < -0.39 is 0 Å². The summed E-state index contributed by atoms with van der Waals surface area (Å²) in [5, 5.41) is 2.81. The van der Waals surface area contributed by atoms with Gasteiger partial charge in [-0.1, -0.05) is 12.1 Å². The summed E-state index contributed by atoms with van der Waals surface area (Å²) in [6.45, 7) is 7.81. The van der Waals surface area contributed by atoms with Crippen LogP contribution in [-0.4, -0.2) is 66.7 Å². The van der Waals surface area contributed by atoms with Gasteiger partial charge in [-0.05, 0) is 39.1 Å². The third-order valence-corrected chi connectivity index (χ3v) is 4.38. The summed E-state index contributed by atoms with van der Waals surface area (Å²) in [5.74, 6) is 2.09. The van der Waals surface area contributed by atoms with E-state index in [1.54, 1.807) is 6.20 Å². The van der Waals surface area contributed by atoms with Crippen LogP contribution >= 0.6 is 0 Å². The number of anilines is 1. The van der Waals surface area contributed by atoms with Crippen LogP contribution in [0.1, 0.15) is 13.8 Å². The Labute approximate surface area is 160 Å². The molecule has 0 aliphatic carbocycles. The van der Waals surface area contributed by atoms with E-state index in [-0.39, 0.29) is 18.6 Å². The Kier molecular flexibility index (Phi) is 6.24. The van der Waals surface area contributed by atoms with E-state index >= 15 is 0 Å². The normalized spacial score (nSPS) is 15.0. The SMILES string of the molecule is CC(C)NC(=O)COc1cccc(-c2nccc(N3CCN(C)CC3)n2)c1. The molecule has 0 radical (unpaired) electrons. The van der Waals surface area contributed by atoms with Crippen molar-refractivity contribution in [3.63, 3.8) is 0 Å². The second-order valence-electron chi connectivity index (χ2n) is 7.07. The predicted octanol–water partition coefficient (Wildman–Crippen LogP) is 1.80. The molecular formula is C20H27N5O2. The molecule has 1 saturated heterocycles. The van der Waals surface area contributed by atoms with Crippen LogP contribution < -0.4 is 15.0 Å². The van der Waals surface area contributed by atoms with Crippen molar-refractivity contribution in [3.8, 4) is 17.1 Å². The van der Waals surface area contributed by atoms with Crippen LogP contribution in [0, 0.1) is 0 Å².